The molecular formula is C15H9BrFN3O4. The van der Waals surface area contributed by atoms with Crippen molar-refractivity contribution in [3.8, 4) is 17.4 Å². The third-order valence-corrected chi connectivity index (χ3v) is 3.82. The van der Waals surface area contributed by atoms with Crippen molar-refractivity contribution >= 4 is 32.5 Å². The van der Waals surface area contributed by atoms with Crippen LogP contribution in [0.4, 0.5) is 10.1 Å². The average molecular weight is 394 g/mol. The van der Waals surface area contributed by atoms with Gasteiger partial charge in [0, 0.05) is 18.2 Å². The summed E-state index contributed by atoms with van der Waals surface area (Å²) < 4.78 is 24.8. The molecule has 0 unspecified atom stereocenters. The van der Waals surface area contributed by atoms with E-state index in [9.17, 15) is 14.5 Å². The van der Waals surface area contributed by atoms with Gasteiger partial charge in [-0.2, -0.15) is 0 Å². The number of rotatable bonds is 4. The predicted octanol–water partition coefficient (Wildman–Crippen LogP) is 4.24. The lowest BCUT2D eigenvalue weighted by Crippen LogP contribution is -1.95. The molecule has 9 heteroatoms. The highest BCUT2D eigenvalue weighted by Gasteiger charge is 2.15. The summed E-state index contributed by atoms with van der Waals surface area (Å²) in [4.78, 5) is 18.3. The number of benzene rings is 2. The number of nitro groups is 1. The maximum Gasteiger partial charge on any atom is 0.270 e. The average Bonchev–Trinajstić information content (AvgIpc) is 2.56. The number of nitro benzene ring substituents is 1. The summed E-state index contributed by atoms with van der Waals surface area (Å²) in [5.41, 5.74) is 0.266. The van der Waals surface area contributed by atoms with Crippen LogP contribution in [0.3, 0.4) is 0 Å². The topological polar surface area (TPSA) is 87.4 Å². The van der Waals surface area contributed by atoms with Crippen LogP contribution in [0.1, 0.15) is 0 Å². The lowest BCUT2D eigenvalue weighted by atomic mass is 10.2. The molecule has 0 N–H and O–H groups in total. The summed E-state index contributed by atoms with van der Waals surface area (Å²) in [6.45, 7) is 0. The summed E-state index contributed by atoms with van der Waals surface area (Å²) in [5.74, 6) is -0.0205. The minimum atomic E-state index is -0.550. The van der Waals surface area contributed by atoms with Crippen LogP contribution in [0.15, 0.2) is 41.1 Å². The van der Waals surface area contributed by atoms with E-state index < -0.39 is 10.7 Å². The molecule has 0 amide bonds. The Bertz CT molecular complexity index is 951. The van der Waals surface area contributed by atoms with Crippen LogP contribution in [-0.2, 0) is 0 Å². The Balaban J connectivity index is 2.05. The van der Waals surface area contributed by atoms with E-state index >= 15 is 0 Å². The van der Waals surface area contributed by atoms with Gasteiger partial charge in [0.1, 0.15) is 12.1 Å². The van der Waals surface area contributed by atoms with Gasteiger partial charge in [0.05, 0.1) is 27.4 Å². The highest BCUT2D eigenvalue weighted by atomic mass is 79.9. The third-order valence-electron chi connectivity index (χ3n) is 3.21. The fourth-order valence-corrected chi connectivity index (χ4v) is 2.51. The van der Waals surface area contributed by atoms with E-state index in [4.69, 9.17) is 9.47 Å². The Hall–Kier alpha value is -2.81. The molecular weight excluding hydrogens is 385 g/mol. The van der Waals surface area contributed by atoms with Gasteiger partial charge in [-0.25, -0.2) is 14.4 Å². The minimum Gasteiger partial charge on any atom is -0.494 e. The number of non-ortho nitro benzene ring substituents is 1. The van der Waals surface area contributed by atoms with Gasteiger partial charge in [0.15, 0.2) is 11.6 Å². The van der Waals surface area contributed by atoms with Crippen LogP contribution in [0, 0.1) is 15.9 Å². The number of halogens is 2. The first-order valence-corrected chi connectivity index (χ1v) is 7.39. The van der Waals surface area contributed by atoms with Crippen LogP contribution < -0.4 is 9.47 Å². The normalized spacial score (nSPS) is 10.6. The van der Waals surface area contributed by atoms with Gasteiger partial charge in [-0.3, -0.25) is 10.1 Å². The van der Waals surface area contributed by atoms with E-state index in [-0.39, 0.29) is 17.3 Å². The summed E-state index contributed by atoms with van der Waals surface area (Å²) in [6.07, 6.45) is 1.24. The Morgan fingerprint density at radius 1 is 1.21 bits per heavy atom. The van der Waals surface area contributed by atoms with Gasteiger partial charge in [0.2, 0.25) is 5.88 Å². The van der Waals surface area contributed by atoms with Crippen molar-refractivity contribution in [3.05, 3.63) is 57.1 Å². The Labute approximate surface area is 143 Å². The van der Waals surface area contributed by atoms with E-state index in [1.165, 1.54) is 43.8 Å². The maximum absolute atomic E-state index is 13.8. The molecule has 7 nitrogen and oxygen atoms in total. The van der Waals surface area contributed by atoms with Gasteiger partial charge in [-0.1, -0.05) is 0 Å². The molecule has 0 saturated carbocycles. The van der Waals surface area contributed by atoms with Crippen LogP contribution in [0.5, 0.6) is 17.4 Å². The van der Waals surface area contributed by atoms with E-state index in [0.717, 1.165) is 0 Å². The van der Waals surface area contributed by atoms with Crippen molar-refractivity contribution in [2.75, 3.05) is 7.11 Å². The maximum atomic E-state index is 13.8. The van der Waals surface area contributed by atoms with Crippen molar-refractivity contribution in [2.24, 2.45) is 0 Å². The number of fused-ring (bicyclic) bond motifs is 1. The van der Waals surface area contributed by atoms with Gasteiger partial charge < -0.3 is 9.47 Å². The predicted molar refractivity (Wildman–Crippen MR) is 86.9 cm³/mol. The minimum absolute atomic E-state index is 0.0323. The van der Waals surface area contributed by atoms with E-state index in [2.05, 4.69) is 25.9 Å². The molecule has 0 spiro atoms. The molecule has 0 aliphatic rings. The molecule has 122 valence electrons. The standard InChI is InChI=1S/C15H9BrFN3O4/c1-23-14-5-9-12(6-11(14)17)18-7-19-15(9)24-13-3-2-8(20(21)22)4-10(13)16/h2-7H,1H3. The Morgan fingerprint density at radius 2 is 2.00 bits per heavy atom. The fourth-order valence-electron chi connectivity index (χ4n) is 2.06. The molecule has 0 saturated heterocycles. The summed E-state index contributed by atoms with van der Waals surface area (Å²) >= 11 is 3.22. The van der Waals surface area contributed by atoms with Crippen molar-refractivity contribution in [3.63, 3.8) is 0 Å². The molecule has 0 fully saturated rings. The molecule has 0 atom stereocenters. The smallest absolute Gasteiger partial charge is 0.270 e. The van der Waals surface area contributed by atoms with Crippen LogP contribution in [0.2, 0.25) is 0 Å². The van der Waals surface area contributed by atoms with E-state index in [1.807, 2.05) is 0 Å². The second-order valence-corrected chi connectivity index (χ2v) is 5.51. The molecule has 2 aromatic carbocycles. The molecule has 0 bridgehead atoms. The summed E-state index contributed by atoms with van der Waals surface area (Å²) in [7, 11) is 1.35. The third kappa shape index (κ3) is 2.98. The molecule has 1 aromatic heterocycles. The first-order valence-electron chi connectivity index (χ1n) is 6.59. The zero-order valence-electron chi connectivity index (χ0n) is 12.2. The van der Waals surface area contributed by atoms with Gasteiger partial charge in [-0.05, 0) is 28.1 Å². The van der Waals surface area contributed by atoms with Crippen LogP contribution >= 0.6 is 15.9 Å². The van der Waals surface area contributed by atoms with Gasteiger partial charge in [-0.15, -0.1) is 0 Å². The first-order chi connectivity index (χ1) is 11.5. The molecule has 24 heavy (non-hydrogen) atoms. The molecule has 0 aliphatic carbocycles. The van der Waals surface area contributed by atoms with E-state index in [1.54, 1.807) is 0 Å². The molecule has 3 aromatic rings. The zero-order chi connectivity index (χ0) is 17.3. The molecule has 1 heterocycles. The number of hydrogen-bond donors (Lipinski definition) is 0. The van der Waals surface area contributed by atoms with Gasteiger partial charge in [0.25, 0.3) is 5.69 Å². The Morgan fingerprint density at radius 3 is 2.67 bits per heavy atom. The van der Waals surface area contributed by atoms with Crippen molar-refractivity contribution in [2.45, 2.75) is 0 Å². The molecule has 0 aliphatic heterocycles. The monoisotopic (exact) mass is 393 g/mol. The number of ether oxygens (including phenoxy) is 2. The molecule has 3 rings (SSSR count). The zero-order valence-corrected chi connectivity index (χ0v) is 13.8. The quantitative estimate of drug-likeness (QED) is 0.486. The lowest BCUT2D eigenvalue weighted by molar-refractivity contribution is -0.384. The van der Waals surface area contributed by atoms with Crippen molar-refractivity contribution < 1.29 is 18.8 Å². The second kappa shape index (κ2) is 6.36. The van der Waals surface area contributed by atoms with E-state index in [0.29, 0.717) is 21.1 Å². The first kappa shape index (κ1) is 16.1. The number of methoxy groups -OCH3 is 1. The van der Waals surface area contributed by atoms with Crippen molar-refractivity contribution in [1.29, 1.82) is 0 Å². The molecule has 0 radical (unpaired) electrons. The second-order valence-electron chi connectivity index (χ2n) is 4.66. The van der Waals surface area contributed by atoms with Crippen LogP contribution in [-0.4, -0.2) is 22.0 Å². The highest BCUT2D eigenvalue weighted by molar-refractivity contribution is 9.10. The van der Waals surface area contributed by atoms with Crippen molar-refractivity contribution in [1.82, 2.24) is 9.97 Å². The number of aromatic nitrogens is 2. The van der Waals surface area contributed by atoms with Gasteiger partial charge >= 0.3 is 0 Å². The fraction of sp³-hybridized carbons (Fsp3) is 0.0667. The SMILES string of the molecule is COc1cc2c(Oc3ccc([N+](=O)[O-])cc3Br)ncnc2cc1F. The lowest BCUT2D eigenvalue weighted by Gasteiger charge is -2.10. The summed E-state index contributed by atoms with van der Waals surface area (Å²) in [6, 6.07) is 6.71. The highest BCUT2D eigenvalue weighted by Crippen LogP contribution is 2.35. The van der Waals surface area contributed by atoms with Crippen LogP contribution in [0.25, 0.3) is 10.9 Å². The summed E-state index contributed by atoms with van der Waals surface area (Å²) in [5, 5.41) is 11.2. The Kier molecular flexibility index (Phi) is 4.26. The number of nitrogens with zero attached hydrogens (tertiary/aromatic N) is 3. The largest absolute Gasteiger partial charge is 0.494 e. The number of hydrogen-bond acceptors (Lipinski definition) is 6.